The zero-order chi connectivity index (χ0) is 14.0. The molecule has 0 bridgehead atoms. The Kier molecular flexibility index (Phi) is 9.22. The lowest BCUT2D eigenvalue weighted by Crippen LogP contribution is -2.33. The van der Waals surface area contributed by atoms with Gasteiger partial charge in [-0.05, 0) is 19.8 Å². The van der Waals surface area contributed by atoms with Gasteiger partial charge >= 0.3 is 5.97 Å². The van der Waals surface area contributed by atoms with E-state index in [4.69, 9.17) is 15.6 Å². The summed E-state index contributed by atoms with van der Waals surface area (Å²) in [5, 5.41) is 11.4. The van der Waals surface area contributed by atoms with E-state index >= 15 is 0 Å². The zero-order valence-corrected chi connectivity index (χ0v) is 11.1. The van der Waals surface area contributed by atoms with E-state index in [2.05, 4.69) is 5.32 Å². The average Bonchev–Trinajstić information content (AvgIpc) is 2.33. The van der Waals surface area contributed by atoms with E-state index < -0.39 is 5.97 Å². The first-order valence-electron chi connectivity index (χ1n) is 6.32. The molecule has 106 valence electrons. The Morgan fingerprint density at radius 2 is 2.11 bits per heavy atom. The van der Waals surface area contributed by atoms with Crippen LogP contribution in [-0.2, 0) is 14.3 Å². The lowest BCUT2D eigenvalue weighted by molar-refractivity contribution is -0.141. The molecule has 0 radical (unpaired) electrons. The highest BCUT2D eigenvalue weighted by atomic mass is 16.5. The van der Waals surface area contributed by atoms with Crippen LogP contribution in [-0.4, -0.2) is 42.8 Å². The molecule has 1 amide bonds. The SMILES string of the molecule is CCOC(CN)CC(=O)NCCCC(C)C(=O)O. The van der Waals surface area contributed by atoms with Gasteiger partial charge in [0, 0.05) is 19.7 Å². The summed E-state index contributed by atoms with van der Waals surface area (Å²) in [6, 6.07) is 0. The molecule has 0 aliphatic rings. The van der Waals surface area contributed by atoms with Crippen molar-refractivity contribution in [2.75, 3.05) is 19.7 Å². The van der Waals surface area contributed by atoms with Gasteiger partial charge in [0.15, 0.2) is 0 Å². The lowest BCUT2D eigenvalue weighted by atomic mass is 10.1. The topological polar surface area (TPSA) is 102 Å². The number of ether oxygens (including phenoxy) is 1. The molecule has 0 saturated carbocycles. The normalized spacial score (nSPS) is 13.9. The van der Waals surface area contributed by atoms with Gasteiger partial charge < -0.3 is 20.9 Å². The first-order valence-corrected chi connectivity index (χ1v) is 6.32. The maximum absolute atomic E-state index is 11.5. The molecule has 0 aromatic rings. The van der Waals surface area contributed by atoms with Crippen LogP contribution in [0.1, 0.15) is 33.1 Å². The Morgan fingerprint density at radius 1 is 1.44 bits per heavy atom. The number of carboxylic acids is 1. The van der Waals surface area contributed by atoms with Gasteiger partial charge in [0.1, 0.15) is 0 Å². The van der Waals surface area contributed by atoms with E-state index in [1.165, 1.54) is 0 Å². The Morgan fingerprint density at radius 3 is 2.61 bits per heavy atom. The summed E-state index contributed by atoms with van der Waals surface area (Å²) in [6.07, 6.45) is 1.22. The second kappa shape index (κ2) is 9.85. The summed E-state index contributed by atoms with van der Waals surface area (Å²) < 4.78 is 5.27. The predicted octanol–water partition coefficient (Wildman–Crippen LogP) is 0.357. The van der Waals surface area contributed by atoms with E-state index in [1.807, 2.05) is 6.92 Å². The molecule has 6 nitrogen and oxygen atoms in total. The minimum absolute atomic E-state index is 0.109. The molecule has 0 saturated heterocycles. The van der Waals surface area contributed by atoms with Gasteiger partial charge in [0.25, 0.3) is 0 Å². The van der Waals surface area contributed by atoms with E-state index in [0.717, 1.165) is 0 Å². The third-order valence-electron chi connectivity index (χ3n) is 2.64. The van der Waals surface area contributed by atoms with Crippen LogP contribution in [0.25, 0.3) is 0 Å². The van der Waals surface area contributed by atoms with Crippen LogP contribution in [0.5, 0.6) is 0 Å². The highest BCUT2D eigenvalue weighted by Crippen LogP contribution is 2.04. The molecule has 0 aliphatic heterocycles. The van der Waals surface area contributed by atoms with Crippen LogP contribution in [0.15, 0.2) is 0 Å². The number of nitrogens with two attached hydrogens (primary N) is 1. The Balaban J connectivity index is 3.67. The Hall–Kier alpha value is -1.14. The second-order valence-electron chi connectivity index (χ2n) is 4.25. The van der Waals surface area contributed by atoms with Gasteiger partial charge in [0.2, 0.25) is 5.91 Å². The number of amides is 1. The third kappa shape index (κ3) is 8.03. The molecule has 2 atom stereocenters. The van der Waals surface area contributed by atoms with Gasteiger partial charge in [-0.25, -0.2) is 0 Å². The van der Waals surface area contributed by atoms with Crippen LogP contribution in [0.4, 0.5) is 0 Å². The maximum atomic E-state index is 11.5. The molecule has 0 rings (SSSR count). The van der Waals surface area contributed by atoms with E-state index in [1.54, 1.807) is 6.92 Å². The highest BCUT2D eigenvalue weighted by Gasteiger charge is 2.13. The molecule has 18 heavy (non-hydrogen) atoms. The predicted molar refractivity (Wildman–Crippen MR) is 68.1 cm³/mol. The minimum atomic E-state index is -0.805. The van der Waals surface area contributed by atoms with E-state index in [9.17, 15) is 9.59 Å². The van der Waals surface area contributed by atoms with Crippen molar-refractivity contribution in [1.82, 2.24) is 5.32 Å². The Bertz CT molecular complexity index is 258. The van der Waals surface area contributed by atoms with Gasteiger partial charge in [0.05, 0.1) is 18.4 Å². The number of carboxylic acid groups (broad SMARTS) is 1. The molecular formula is C12H24N2O4. The number of carbonyl (C=O) groups excluding carboxylic acids is 1. The smallest absolute Gasteiger partial charge is 0.306 e. The molecule has 2 unspecified atom stereocenters. The number of carbonyl (C=O) groups is 2. The van der Waals surface area contributed by atoms with Gasteiger partial charge in [-0.1, -0.05) is 6.92 Å². The van der Waals surface area contributed by atoms with Gasteiger partial charge in [-0.2, -0.15) is 0 Å². The van der Waals surface area contributed by atoms with Crippen molar-refractivity contribution in [2.24, 2.45) is 11.7 Å². The van der Waals surface area contributed by atoms with Crippen molar-refractivity contribution >= 4 is 11.9 Å². The molecule has 0 aromatic carbocycles. The Labute approximate surface area is 108 Å². The summed E-state index contributed by atoms with van der Waals surface area (Å²) in [5.41, 5.74) is 5.46. The largest absolute Gasteiger partial charge is 0.481 e. The molecule has 0 heterocycles. The maximum Gasteiger partial charge on any atom is 0.306 e. The quantitative estimate of drug-likeness (QED) is 0.492. The molecule has 0 aromatic heterocycles. The number of hydrogen-bond acceptors (Lipinski definition) is 4. The highest BCUT2D eigenvalue weighted by molar-refractivity contribution is 5.76. The number of aliphatic carboxylic acids is 1. The van der Waals surface area contributed by atoms with Crippen LogP contribution < -0.4 is 11.1 Å². The van der Waals surface area contributed by atoms with Gasteiger partial charge in [-0.15, -0.1) is 0 Å². The molecular weight excluding hydrogens is 236 g/mol. The summed E-state index contributed by atoms with van der Waals surface area (Å²) in [7, 11) is 0. The molecule has 0 fully saturated rings. The van der Waals surface area contributed by atoms with Crippen molar-refractivity contribution in [3.8, 4) is 0 Å². The van der Waals surface area contributed by atoms with E-state index in [0.29, 0.717) is 32.5 Å². The first kappa shape index (κ1) is 16.9. The number of hydrogen-bond donors (Lipinski definition) is 3. The summed E-state index contributed by atoms with van der Waals surface area (Å²) in [6.45, 7) is 4.85. The van der Waals surface area contributed by atoms with Crippen LogP contribution >= 0.6 is 0 Å². The molecule has 0 aliphatic carbocycles. The second-order valence-corrected chi connectivity index (χ2v) is 4.25. The fraction of sp³-hybridized carbons (Fsp3) is 0.833. The fourth-order valence-electron chi connectivity index (χ4n) is 1.48. The first-order chi connectivity index (χ1) is 8.51. The van der Waals surface area contributed by atoms with Crippen molar-refractivity contribution < 1.29 is 19.4 Å². The van der Waals surface area contributed by atoms with Gasteiger partial charge in [-0.3, -0.25) is 9.59 Å². The molecule has 6 heteroatoms. The van der Waals surface area contributed by atoms with Crippen LogP contribution in [0.3, 0.4) is 0 Å². The van der Waals surface area contributed by atoms with Crippen molar-refractivity contribution in [2.45, 2.75) is 39.2 Å². The molecule has 0 spiro atoms. The summed E-state index contributed by atoms with van der Waals surface area (Å²) in [4.78, 5) is 22.1. The number of nitrogens with one attached hydrogen (secondary N) is 1. The molecule has 4 N–H and O–H groups in total. The van der Waals surface area contributed by atoms with Crippen LogP contribution in [0, 0.1) is 5.92 Å². The fourth-order valence-corrected chi connectivity index (χ4v) is 1.48. The summed E-state index contributed by atoms with van der Waals surface area (Å²) >= 11 is 0. The number of rotatable bonds is 10. The van der Waals surface area contributed by atoms with E-state index in [-0.39, 0.29) is 24.3 Å². The van der Waals surface area contributed by atoms with Crippen molar-refractivity contribution in [3.05, 3.63) is 0 Å². The van der Waals surface area contributed by atoms with Crippen molar-refractivity contribution in [1.29, 1.82) is 0 Å². The zero-order valence-electron chi connectivity index (χ0n) is 11.1. The standard InChI is InChI=1S/C12H24N2O4/c1-3-18-10(8-13)7-11(15)14-6-4-5-9(2)12(16)17/h9-10H,3-8,13H2,1-2H3,(H,14,15)(H,16,17). The lowest BCUT2D eigenvalue weighted by Gasteiger charge is -2.14. The minimum Gasteiger partial charge on any atom is -0.481 e. The monoisotopic (exact) mass is 260 g/mol. The third-order valence-corrected chi connectivity index (χ3v) is 2.64. The average molecular weight is 260 g/mol. The van der Waals surface area contributed by atoms with Crippen LogP contribution in [0.2, 0.25) is 0 Å². The van der Waals surface area contributed by atoms with Crippen molar-refractivity contribution in [3.63, 3.8) is 0 Å². The summed E-state index contributed by atoms with van der Waals surface area (Å²) in [5.74, 6) is -1.29.